The van der Waals surface area contributed by atoms with Crippen molar-refractivity contribution in [3.05, 3.63) is 65.7 Å². The summed E-state index contributed by atoms with van der Waals surface area (Å²) in [5.74, 6) is -0.690. The predicted octanol–water partition coefficient (Wildman–Crippen LogP) is 4.55. The molecule has 0 radical (unpaired) electrons. The lowest BCUT2D eigenvalue weighted by Gasteiger charge is -2.21. The Labute approximate surface area is 204 Å². The summed E-state index contributed by atoms with van der Waals surface area (Å²) in [6, 6.07) is 16.2. The Morgan fingerprint density at radius 1 is 0.970 bits per heavy atom. The molecule has 0 aromatic heterocycles. The number of hydrogen-bond donors (Lipinski definition) is 2. The fraction of sp³-hybridized carbons (Fsp3) is 0.400. The van der Waals surface area contributed by atoms with Gasteiger partial charge in [0, 0.05) is 47.5 Å². The lowest BCUT2D eigenvalue weighted by Crippen LogP contribution is -2.45. The van der Waals surface area contributed by atoms with Crippen LogP contribution in [0.1, 0.15) is 36.7 Å². The molecule has 0 fully saturated rings. The normalized spacial score (nSPS) is 12.6. The summed E-state index contributed by atoms with van der Waals surface area (Å²) in [7, 11) is 0. The number of amides is 1. The number of rotatable bonds is 13. The average Bonchev–Trinajstić information content (AvgIpc) is 2.83. The second kappa shape index (κ2) is 14.0. The number of carboxylic acids is 1. The lowest BCUT2D eigenvalue weighted by molar-refractivity contribution is -0.141. The maximum absolute atomic E-state index is 12.5. The van der Waals surface area contributed by atoms with Crippen LogP contribution in [0.15, 0.2) is 54.6 Å². The number of carboxylic acid groups (broad SMARTS) is 1. The van der Waals surface area contributed by atoms with Crippen molar-refractivity contribution in [2.45, 2.75) is 32.6 Å². The Kier molecular flexibility index (Phi) is 11.3. The first kappa shape index (κ1) is 26.8. The first-order valence-corrected chi connectivity index (χ1v) is 13.2. The van der Waals surface area contributed by atoms with Gasteiger partial charge < -0.3 is 15.3 Å². The maximum Gasteiger partial charge on any atom is 0.327 e. The summed E-state index contributed by atoms with van der Waals surface area (Å²) in [5, 5.41) is 12.0. The zero-order valence-electron chi connectivity index (χ0n) is 19.3. The number of anilines is 1. The number of nitrogens with zero attached hydrogens (tertiary/aromatic N) is 1. The first-order chi connectivity index (χ1) is 15.8. The van der Waals surface area contributed by atoms with E-state index in [1.54, 1.807) is 31.2 Å². The predicted molar refractivity (Wildman–Crippen MR) is 138 cm³/mol. The van der Waals surface area contributed by atoms with Gasteiger partial charge in [0.1, 0.15) is 6.04 Å². The number of hydrogen-bond acceptors (Lipinski definition) is 6. The molecule has 2 rings (SSSR count). The van der Waals surface area contributed by atoms with Gasteiger partial charge in [-0.15, -0.1) is 0 Å². The van der Waals surface area contributed by atoms with Crippen LogP contribution in [0.4, 0.5) is 5.69 Å². The quantitative estimate of drug-likeness (QED) is 0.428. The molecule has 2 aromatic carbocycles. The molecular formula is C25H32N2O4S2. The van der Waals surface area contributed by atoms with Crippen molar-refractivity contribution in [3.8, 4) is 0 Å². The third-order valence-electron chi connectivity index (χ3n) is 5.15. The molecule has 178 valence electrons. The summed E-state index contributed by atoms with van der Waals surface area (Å²) in [5.41, 5.74) is 2.86. The van der Waals surface area contributed by atoms with Crippen LogP contribution in [0.3, 0.4) is 0 Å². The second-order valence-corrected chi connectivity index (χ2v) is 9.64. The van der Waals surface area contributed by atoms with Crippen molar-refractivity contribution < 1.29 is 19.5 Å². The summed E-state index contributed by atoms with van der Waals surface area (Å²) in [6.45, 7) is 7.83. The number of carbonyl (C=O) groups excluding carboxylic acids is 2. The standard InChI is InChI=1S/C25H32N2O4S2/c1-4-27(5-2)21-13-11-19(12-14-21)16-32-17-22(24(29)30)26-23(28)18(3)15-33-25(31)20-9-7-6-8-10-20/h6-14,18,22H,4-5,15-17H2,1-3H3,(H,26,28)(H,29,30)/t18-,22+/m1/s1. The van der Waals surface area contributed by atoms with Crippen molar-refractivity contribution in [2.24, 2.45) is 5.92 Å². The van der Waals surface area contributed by atoms with Gasteiger partial charge >= 0.3 is 5.97 Å². The van der Waals surface area contributed by atoms with Gasteiger partial charge in [-0.25, -0.2) is 4.79 Å². The van der Waals surface area contributed by atoms with Gasteiger partial charge in [-0.2, -0.15) is 11.8 Å². The highest BCUT2D eigenvalue weighted by molar-refractivity contribution is 8.14. The van der Waals surface area contributed by atoms with Gasteiger partial charge in [0.25, 0.3) is 0 Å². The minimum atomic E-state index is -1.06. The fourth-order valence-electron chi connectivity index (χ4n) is 3.11. The number of nitrogens with one attached hydrogen (secondary N) is 1. The van der Waals surface area contributed by atoms with Crippen LogP contribution in [0.5, 0.6) is 0 Å². The third kappa shape index (κ3) is 8.78. The molecule has 0 aliphatic heterocycles. The molecule has 8 heteroatoms. The van der Waals surface area contributed by atoms with E-state index in [0.717, 1.165) is 30.4 Å². The summed E-state index contributed by atoms with van der Waals surface area (Å²) < 4.78 is 0. The summed E-state index contributed by atoms with van der Waals surface area (Å²) in [6.07, 6.45) is 0. The van der Waals surface area contributed by atoms with E-state index in [1.807, 2.05) is 6.07 Å². The highest BCUT2D eigenvalue weighted by Gasteiger charge is 2.23. The Morgan fingerprint density at radius 2 is 1.61 bits per heavy atom. The number of aliphatic carboxylic acids is 1. The molecule has 2 aromatic rings. The second-order valence-electron chi connectivity index (χ2n) is 7.62. The highest BCUT2D eigenvalue weighted by Crippen LogP contribution is 2.20. The zero-order valence-corrected chi connectivity index (χ0v) is 21.0. The number of carbonyl (C=O) groups is 3. The van der Waals surface area contributed by atoms with Gasteiger partial charge in [-0.05, 0) is 31.5 Å². The van der Waals surface area contributed by atoms with E-state index < -0.39 is 17.9 Å². The van der Waals surface area contributed by atoms with Crippen LogP contribution in [0.2, 0.25) is 0 Å². The van der Waals surface area contributed by atoms with Crippen LogP contribution >= 0.6 is 23.5 Å². The minimum Gasteiger partial charge on any atom is -0.480 e. The highest BCUT2D eigenvalue weighted by atomic mass is 32.2. The molecule has 2 N–H and O–H groups in total. The van der Waals surface area contributed by atoms with E-state index in [4.69, 9.17) is 0 Å². The molecule has 6 nitrogen and oxygen atoms in total. The van der Waals surface area contributed by atoms with E-state index in [-0.39, 0.29) is 22.5 Å². The van der Waals surface area contributed by atoms with Crippen molar-refractivity contribution in [3.63, 3.8) is 0 Å². The molecule has 2 atom stereocenters. The Bertz CT molecular complexity index is 902. The van der Waals surface area contributed by atoms with Crippen LogP contribution in [-0.4, -0.2) is 52.7 Å². The van der Waals surface area contributed by atoms with Gasteiger partial charge in [0.15, 0.2) is 0 Å². The Balaban J connectivity index is 1.80. The van der Waals surface area contributed by atoms with E-state index in [2.05, 4.69) is 48.3 Å². The molecule has 0 unspecified atom stereocenters. The summed E-state index contributed by atoms with van der Waals surface area (Å²) >= 11 is 2.54. The zero-order chi connectivity index (χ0) is 24.2. The Hall–Kier alpha value is -2.45. The van der Waals surface area contributed by atoms with Crippen LogP contribution in [0.25, 0.3) is 0 Å². The molecule has 33 heavy (non-hydrogen) atoms. The topological polar surface area (TPSA) is 86.7 Å². The first-order valence-electron chi connectivity index (χ1n) is 11.0. The van der Waals surface area contributed by atoms with E-state index >= 15 is 0 Å². The van der Waals surface area contributed by atoms with Gasteiger partial charge in [-0.1, -0.05) is 61.2 Å². The van der Waals surface area contributed by atoms with Crippen molar-refractivity contribution in [1.82, 2.24) is 5.32 Å². The third-order valence-corrected chi connectivity index (χ3v) is 7.43. The molecule has 0 bridgehead atoms. The van der Waals surface area contributed by atoms with E-state index in [0.29, 0.717) is 11.3 Å². The van der Waals surface area contributed by atoms with Crippen LogP contribution in [0, 0.1) is 5.92 Å². The van der Waals surface area contributed by atoms with Gasteiger partial charge in [0.2, 0.25) is 11.0 Å². The minimum absolute atomic E-state index is 0.104. The van der Waals surface area contributed by atoms with E-state index in [1.165, 1.54) is 17.4 Å². The molecule has 0 aliphatic carbocycles. The molecule has 0 saturated carbocycles. The largest absolute Gasteiger partial charge is 0.480 e. The fourth-order valence-corrected chi connectivity index (χ4v) is 4.97. The number of benzene rings is 2. The maximum atomic E-state index is 12.5. The molecule has 0 aliphatic rings. The van der Waals surface area contributed by atoms with E-state index in [9.17, 15) is 19.5 Å². The Morgan fingerprint density at radius 3 is 2.18 bits per heavy atom. The van der Waals surface area contributed by atoms with Crippen LogP contribution in [-0.2, 0) is 15.3 Å². The molecular weight excluding hydrogens is 456 g/mol. The van der Waals surface area contributed by atoms with Crippen molar-refractivity contribution in [2.75, 3.05) is 29.5 Å². The van der Waals surface area contributed by atoms with Gasteiger partial charge in [0.05, 0.1) is 0 Å². The molecule has 0 saturated heterocycles. The molecule has 1 amide bonds. The lowest BCUT2D eigenvalue weighted by atomic mass is 10.2. The van der Waals surface area contributed by atoms with Crippen molar-refractivity contribution >= 4 is 46.2 Å². The number of thioether (sulfide) groups is 2. The molecule has 0 spiro atoms. The monoisotopic (exact) mass is 488 g/mol. The van der Waals surface area contributed by atoms with Crippen molar-refractivity contribution in [1.29, 1.82) is 0 Å². The smallest absolute Gasteiger partial charge is 0.327 e. The van der Waals surface area contributed by atoms with Gasteiger partial charge in [-0.3, -0.25) is 9.59 Å². The summed E-state index contributed by atoms with van der Waals surface area (Å²) in [4.78, 5) is 38.6. The molecule has 0 heterocycles. The van der Waals surface area contributed by atoms with Crippen LogP contribution < -0.4 is 10.2 Å². The SMILES string of the molecule is CCN(CC)c1ccc(CSC[C@H](NC(=O)[C@H](C)CSC(=O)c2ccccc2)C(=O)O)cc1. The average molecular weight is 489 g/mol.